The minimum absolute atomic E-state index is 0.00342. The molecule has 0 spiro atoms. The van der Waals surface area contributed by atoms with Crippen LogP contribution in [-0.2, 0) is 4.74 Å². The number of alkyl carbamates (subject to hydrolysis) is 1. The fraction of sp³-hybridized carbons (Fsp3) is 0.433. The molecule has 0 radical (unpaired) electrons. The number of benzene rings is 1. The highest BCUT2D eigenvalue weighted by Gasteiger charge is 2.49. The Bertz CT molecular complexity index is 1840. The number of nitrogens with zero attached hydrogens (tertiary/aromatic N) is 6. The molecule has 3 saturated heterocycles. The summed E-state index contributed by atoms with van der Waals surface area (Å²) in [5.41, 5.74) is 1.15. The third-order valence-electron chi connectivity index (χ3n) is 9.25. The summed E-state index contributed by atoms with van der Waals surface area (Å²) in [5, 5.41) is 11.3. The van der Waals surface area contributed by atoms with Gasteiger partial charge in [0.15, 0.2) is 5.82 Å². The largest absolute Gasteiger partial charge is 0.461 e. The standard InChI is InChI=1S/C30H29ClF2N8O3/c31-21-9-22-19(12-35-39-22)23-18(21)3-1-8-43-29(42)36-17-4-7-40(14-17)27-20-11-34-26(23)24(33)25(20)37-28(38-27)44-15-30-5-2-6-41(30)13-16(32)10-30/h1,3,9,11-12,16-17H,2,4-8,10,13-15H2,(H,35,39)(H,36,42)/b3-1-/t16-,17-,30+/m1/s1. The van der Waals surface area contributed by atoms with Crippen LogP contribution in [0.25, 0.3) is 39.1 Å². The van der Waals surface area contributed by atoms with E-state index >= 15 is 4.39 Å². The molecule has 0 unspecified atom stereocenters. The number of H-pyrrole nitrogens is 1. The highest BCUT2D eigenvalue weighted by molar-refractivity contribution is 6.33. The predicted octanol–water partition coefficient (Wildman–Crippen LogP) is 4.65. The zero-order valence-corrected chi connectivity index (χ0v) is 24.4. The molecule has 11 nitrogen and oxygen atoms in total. The normalized spacial score (nSPS) is 25.9. The molecule has 14 heteroatoms. The van der Waals surface area contributed by atoms with Crippen molar-refractivity contribution in [3.63, 3.8) is 0 Å². The Morgan fingerprint density at radius 2 is 2.11 bits per heavy atom. The average Bonchev–Trinajstić information content (AvgIpc) is 3.79. The van der Waals surface area contributed by atoms with Crippen LogP contribution in [0.5, 0.6) is 6.01 Å². The Labute approximate surface area is 255 Å². The van der Waals surface area contributed by atoms with E-state index in [0.717, 1.165) is 19.4 Å². The van der Waals surface area contributed by atoms with Crippen LogP contribution in [0, 0.1) is 5.82 Å². The van der Waals surface area contributed by atoms with E-state index in [1.54, 1.807) is 30.6 Å². The van der Waals surface area contributed by atoms with Crippen molar-refractivity contribution in [3.8, 4) is 17.3 Å². The van der Waals surface area contributed by atoms with Crippen molar-refractivity contribution in [2.45, 2.75) is 43.4 Å². The van der Waals surface area contributed by atoms with Crippen molar-refractivity contribution in [1.29, 1.82) is 0 Å². The first-order chi connectivity index (χ1) is 21.4. The van der Waals surface area contributed by atoms with Gasteiger partial charge in [-0.05, 0) is 37.9 Å². The summed E-state index contributed by atoms with van der Waals surface area (Å²) in [6, 6.07) is 1.50. The maximum absolute atomic E-state index is 16.8. The van der Waals surface area contributed by atoms with Crippen molar-refractivity contribution in [3.05, 3.63) is 40.9 Å². The van der Waals surface area contributed by atoms with Gasteiger partial charge in [0.1, 0.15) is 36.4 Å². The number of nitrogens with one attached hydrogen (secondary N) is 2. The smallest absolute Gasteiger partial charge is 0.407 e. The minimum Gasteiger partial charge on any atom is -0.461 e. The minimum atomic E-state index is -0.911. The van der Waals surface area contributed by atoms with E-state index < -0.39 is 23.6 Å². The molecule has 6 bridgehead atoms. The number of carbonyl (C=O) groups excluding carboxylic acids is 1. The molecule has 44 heavy (non-hydrogen) atoms. The first-order valence-corrected chi connectivity index (χ1v) is 15.2. The lowest BCUT2D eigenvalue weighted by Gasteiger charge is -2.31. The molecule has 3 atom stereocenters. The summed E-state index contributed by atoms with van der Waals surface area (Å²) in [7, 11) is 0. The molecule has 0 saturated carbocycles. The first kappa shape index (κ1) is 27.4. The molecule has 0 aliphatic carbocycles. The molecule has 3 fully saturated rings. The molecule has 9 rings (SSSR count). The van der Waals surface area contributed by atoms with Gasteiger partial charge in [-0.1, -0.05) is 17.7 Å². The number of aromatic nitrogens is 5. The van der Waals surface area contributed by atoms with E-state index in [1.165, 1.54) is 0 Å². The molecule has 4 aromatic rings. The number of fused-ring (bicyclic) bond motifs is 7. The highest BCUT2D eigenvalue weighted by Crippen LogP contribution is 2.42. The number of alkyl halides is 1. The number of anilines is 1. The number of amides is 1. The fourth-order valence-corrected chi connectivity index (χ4v) is 7.48. The fourth-order valence-electron chi connectivity index (χ4n) is 7.21. The van der Waals surface area contributed by atoms with Gasteiger partial charge in [-0.2, -0.15) is 15.1 Å². The second-order valence-electron chi connectivity index (χ2n) is 11.9. The molecule has 5 aliphatic heterocycles. The highest BCUT2D eigenvalue weighted by atomic mass is 35.5. The number of hydrogen-bond donors (Lipinski definition) is 2. The number of halogens is 3. The molecule has 2 N–H and O–H groups in total. The summed E-state index contributed by atoms with van der Waals surface area (Å²) in [6.07, 6.45) is 7.83. The number of carbonyl (C=O) groups is 1. The summed E-state index contributed by atoms with van der Waals surface area (Å²) in [6.45, 7) is 2.37. The van der Waals surface area contributed by atoms with E-state index in [4.69, 9.17) is 26.1 Å². The molecule has 3 aromatic heterocycles. The zero-order chi connectivity index (χ0) is 30.0. The lowest BCUT2D eigenvalue weighted by molar-refractivity contribution is 0.107. The second-order valence-corrected chi connectivity index (χ2v) is 12.3. The lowest BCUT2D eigenvalue weighted by Crippen LogP contribution is -2.43. The number of pyridine rings is 1. The van der Waals surface area contributed by atoms with Crippen molar-refractivity contribution < 1.29 is 23.0 Å². The first-order valence-electron chi connectivity index (χ1n) is 14.8. The Kier molecular flexibility index (Phi) is 6.56. The van der Waals surface area contributed by atoms with Gasteiger partial charge in [0.25, 0.3) is 0 Å². The van der Waals surface area contributed by atoms with Gasteiger partial charge >= 0.3 is 12.1 Å². The quantitative estimate of drug-likeness (QED) is 0.336. The molecule has 8 heterocycles. The Hall–Kier alpha value is -4.10. The Morgan fingerprint density at radius 1 is 1.20 bits per heavy atom. The van der Waals surface area contributed by atoms with E-state index in [-0.39, 0.29) is 36.5 Å². The number of hydrogen-bond acceptors (Lipinski definition) is 9. The van der Waals surface area contributed by atoms with Crippen molar-refractivity contribution in [2.75, 3.05) is 44.3 Å². The van der Waals surface area contributed by atoms with Crippen LogP contribution in [0.15, 0.2) is 24.5 Å². The predicted molar refractivity (Wildman–Crippen MR) is 160 cm³/mol. The van der Waals surface area contributed by atoms with Crippen molar-refractivity contribution in [1.82, 2.24) is 35.4 Å². The van der Waals surface area contributed by atoms with E-state index in [2.05, 4.69) is 30.4 Å². The van der Waals surface area contributed by atoms with Crippen LogP contribution in [0.1, 0.15) is 31.2 Å². The van der Waals surface area contributed by atoms with E-state index in [0.29, 0.717) is 70.7 Å². The van der Waals surface area contributed by atoms with Crippen LogP contribution in [-0.4, -0.2) is 93.3 Å². The number of rotatable bonds is 3. The third-order valence-corrected chi connectivity index (χ3v) is 9.56. The SMILES string of the molecule is O=C1N[C@@H]2CCN(C2)c2nc(OC[C@@]34CCCN3C[C@H](F)C4)nc3c(F)c(ncc23)-c2c(c(Cl)cc3[nH]ncc23)/C=C\CO1. The van der Waals surface area contributed by atoms with Crippen LogP contribution in [0.4, 0.5) is 19.4 Å². The van der Waals surface area contributed by atoms with E-state index in [1.807, 2.05) is 4.90 Å². The van der Waals surface area contributed by atoms with Gasteiger partial charge in [-0.25, -0.2) is 13.6 Å². The van der Waals surface area contributed by atoms with E-state index in [9.17, 15) is 9.18 Å². The molecule has 5 aliphatic rings. The molecule has 1 aromatic carbocycles. The number of ether oxygens (including phenoxy) is 2. The average molecular weight is 623 g/mol. The van der Waals surface area contributed by atoms with Gasteiger partial charge in [0, 0.05) is 48.8 Å². The maximum Gasteiger partial charge on any atom is 0.407 e. The number of aromatic amines is 1. The molecular formula is C30H29ClF2N8O3. The van der Waals surface area contributed by atoms with Gasteiger partial charge in [-0.15, -0.1) is 0 Å². The molecule has 228 valence electrons. The van der Waals surface area contributed by atoms with Crippen LogP contribution in [0.3, 0.4) is 0 Å². The van der Waals surface area contributed by atoms with Gasteiger partial charge in [0.05, 0.1) is 33.7 Å². The topological polar surface area (TPSA) is 121 Å². The second kappa shape index (κ2) is 10.5. The van der Waals surface area contributed by atoms with Crippen molar-refractivity contribution >= 4 is 51.4 Å². The zero-order valence-electron chi connectivity index (χ0n) is 23.7. The third kappa shape index (κ3) is 4.52. The summed E-state index contributed by atoms with van der Waals surface area (Å²) in [4.78, 5) is 30.6. The summed E-state index contributed by atoms with van der Waals surface area (Å²) >= 11 is 6.69. The van der Waals surface area contributed by atoms with Gasteiger partial charge in [-0.3, -0.25) is 15.0 Å². The lowest BCUT2D eigenvalue weighted by atomic mass is 9.95. The summed E-state index contributed by atoms with van der Waals surface area (Å²) < 4.78 is 42.8. The van der Waals surface area contributed by atoms with Gasteiger partial charge < -0.3 is 19.7 Å². The van der Waals surface area contributed by atoms with Crippen LogP contribution in [0.2, 0.25) is 5.02 Å². The van der Waals surface area contributed by atoms with Crippen molar-refractivity contribution in [2.24, 2.45) is 0 Å². The monoisotopic (exact) mass is 622 g/mol. The Morgan fingerprint density at radius 3 is 3.02 bits per heavy atom. The van der Waals surface area contributed by atoms with Crippen LogP contribution >= 0.6 is 11.6 Å². The summed E-state index contributed by atoms with van der Waals surface area (Å²) in [5.74, 6) is -0.212. The Balaban J connectivity index is 1.30. The van der Waals surface area contributed by atoms with Gasteiger partial charge in [0.2, 0.25) is 0 Å². The molecular weight excluding hydrogens is 594 g/mol. The molecule has 1 amide bonds. The van der Waals surface area contributed by atoms with Crippen LogP contribution < -0.4 is 15.0 Å². The maximum atomic E-state index is 16.8.